The molecule has 0 bridgehead atoms. The first-order valence-corrected chi connectivity index (χ1v) is 12.1. The van der Waals surface area contributed by atoms with Gasteiger partial charge in [-0.2, -0.15) is 0 Å². The van der Waals surface area contributed by atoms with E-state index in [1.54, 1.807) is 37.4 Å². The summed E-state index contributed by atoms with van der Waals surface area (Å²) in [6, 6.07) is 17.4. The standard InChI is InChI=1S/C30H31NO6/c1-6-37-23-11-7-20(8-12-23)17-31-26(21-9-13-22(35-4)14-10-21)25(28(33)30(31)34)27(32)24-16-18(2)15-19(3)29(24)36-5/h7-16,26,32H,6,17H2,1-5H3/b27-25+. The van der Waals surface area contributed by atoms with Crippen LogP contribution in [0.4, 0.5) is 0 Å². The number of ether oxygens (including phenoxy) is 3. The number of carbonyl (C=O) groups excluding carboxylic acids is 2. The number of hydrogen-bond donors (Lipinski definition) is 1. The summed E-state index contributed by atoms with van der Waals surface area (Å²) in [5.74, 6) is 0.126. The van der Waals surface area contributed by atoms with Crippen LogP contribution in [0.3, 0.4) is 0 Å². The van der Waals surface area contributed by atoms with Gasteiger partial charge in [0.15, 0.2) is 0 Å². The molecule has 0 aromatic heterocycles. The second-order valence-electron chi connectivity index (χ2n) is 8.94. The molecule has 7 heteroatoms. The van der Waals surface area contributed by atoms with Crippen LogP contribution in [0.1, 0.15) is 40.8 Å². The van der Waals surface area contributed by atoms with Crippen molar-refractivity contribution in [3.05, 3.63) is 94.1 Å². The van der Waals surface area contributed by atoms with E-state index in [2.05, 4.69) is 0 Å². The number of aliphatic hydroxyl groups excluding tert-OH is 1. The van der Waals surface area contributed by atoms with E-state index in [9.17, 15) is 14.7 Å². The molecule has 7 nitrogen and oxygen atoms in total. The van der Waals surface area contributed by atoms with E-state index in [-0.39, 0.29) is 17.9 Å². The number of aliphatic hydroxyl groups is 1. The molecule has 0 spiro atoms. The van der Waals surface area contributed by atoms with Gasteiger partial charge in [-0.15, -0.1) is 0 Å². The smallest absolute Gasteiger partial charge is 0.295 e. The van der Waals surface area contributed by atoms with Crippen LogP contribution >= 0.6 is 0 Å². The lowest BCUT2D eigenvalue weighted by Gasteiger charge is -2.26. The maximum absolute atomic E-state index is 13.4. The van der Waals surface area contributed by atoms with Crippen molar-refractivity contribution in [2.75, 3.05) is 20.8 Å². The van der Waals surface area contributed by atoms with Crippen molar-refractivity contribution in [3.63, 3.8) is 0 Å². The molecule has 192 valence electrons. The van der Waals surface area contributed by atoms with Gasteiger partial charge in [-0.3, -0.25) is 9.59 Å². The first-order valence-electron chi connectivity index (χ1n) is 12.1. The summed E-state index contributed by atoms with van der Waals surface area (Å²) in [5, 5.41) is 11.5. The average molecular weight is 502 g/mol. The Morgan fingerprint density at radius 3 is 2.16 bits per heavy atom. The molecular formula is C30H31NO6. The van der Waals surface area contributed by atoms with Crippen LogP contribution in [0.25, 0.3) is 5.76 Å². The zero-order valence-electron chi connectivity index (χ0n) is 21.7. The third-order valence-corrected chi connectivity index (χ3v) is 6.44. The Morgan fingerprint density at radius 2 is 1.57 bits per heavy atom. The molecule has 1 amide bonds. The molecule has 3 aromatic rings. The number of Topliss-reactive ketones (excluding diaryl/α,β-unsaturated/α-hetero) is 1. The van der Waals surface area contributed by atoms with Crippen molar-refractivity contribution in [1.29, 1.82) is 0 Å². The maximum Gasteiger partial charge on any atom is 0.295 e. The molecule has 37 heavy (non-hydrogen) atoms. The molecule has 0 saturated carbocycles. The van der Waals surface area contributed by atoms with Crippen molar-refractivity contribution in [1.82, 2.24) is 4.90 Å². The lowest BCUT2D eigenvalue weighted by Crippen LogP contribution is -2.29. The molecule has 1 unspecified atom stereocenters. The summed E-state index contributed by atoms with van der Waals surface area (Å²) in [5.41, 5.74) is 3.60. The Balaban J connectivity index is 1.86. The van der Waals surface area contributed by atoms with Crippen molar-refractivity contribution in [3.8, 4) is 17.2 Å². The normalized spacial score (nSPS) is 16.7. The van der Waals surface area contributed by atoms with Crippen LogP contribution < -0.4 is 14.2 Å². The molecule has 1 fully saturated rings. The Labute approximate surface area is 216 Å². The summed E-state index contributed by atoms with van der Waals surface area (Å²) in [6.45, 7) is 6.40. The number of nitrogens with zero attached hydrogens (tertiary/aromatic N) is 1. The van der Waals surface area contributed by atoms with E-state index in [1.807, 2.05) is 51.1 Å². The fourth-order valence-electron chi connectivity index (χ4n) is 4.78. The Morgan fingerprint density at radius 1 is 0.919 bits per heavy atom. The highest BCUT2D eigenvalue weighted by Crippen LogP contribution is 2.42. The Kier molecular flexibility index (Phi) is 7.53. The van der Waals surface area contributed by atoms with Crippen LogP contribution in [0.15, 0.2) is 66.2 Å². The van der Waals surface area contributed by atoms with E-state index in [0.29, 0.717) is 29.2 Å². The largest absolute Gasteiger partial charge is 0.507 e. The number of rotatable bonds is 8. The van der Waals surface area contributed by atoms with Gasteiger partial charge < -0.3 is 24.2 Å². The van der Waals surface area contributed by atoms with Crippen molar-refractivity contribution >= 4 is 17.4 Å². The Bertz CT molecular complexity index is 1340. The summed E-state index contributed by atoms with van der Waals surface area (Å²) in [7, 11) is 3.08. The van der Waals surface area contributed by atoms with E-state index in [0.717, 1.165) is 22.4 Å². The monoisotopic (exact) mass is 501 g/mol. The number of hydrogen-bond acceptors (Lipinski definition) is 6. The van der Waals surface area contributed by atoms with Crippen LogP contribution in [0.5, 0.6) is 17.2 Å². The first kappa shape index (κ1) is 25.8. The molecule has 3 aromatic carbocycles. The van der Waals surface area contributed by atoms with Gasteiger partial charge in [0.25, 0.3) is 11.7 Å². The van der Waals surface area contributed by atoms with Crippen molar-refractivity contribution in [2.24, 2.45) is 0 Å². The highest BCUT2D eigenvalue weighted by Gasteiger charge is 2.46. The third kappa shape index (κ3) is 5.03. The topological polar surface area (TPSA) is 85.3 Å². The highest BCUT2D eigenvalue weighted by atomic mass is 16.5. The minimum atomic E-state index is -0.803. The zero-order valence-corrected chi connectivity index (χ0v) is 21.7. The second-order valence-corrected chi connectivity index (χ2v) is 8.94. The fraction of sp³-hybridized carbons (Fsp3) is 0.267. The molecule has 1 atom stereocenters. The highest BCUT2D eigenvalue weighted by molar-refractivity contribution is 6.46. The summed E-state index contributed by atoms with van der Waals surface area (Å²) in [6.07, 6.45) is 0. The molecule has 4 rings (SSSR count). The number of aryl methyl sites for hydroxylation is 2. The van der Waals surface area contributed by atoms with E-state index >= 15 is 0 Å². The average Bonchev–Trinajstić information content (AvgIpc) is 3.14. The number of benzene rings is 3. The van der Waals surface area contributed by atoms with Crippen LogP contribution in [-0.2, 0) is 16.1 Å². The number of methoxy groups -OCH3 is 2. The van der Waals surface area contributed by atoms with Gasteiger partial charge in [0, 0.05) is 6.54 Å². The predicted molar refractivity (Wildman–Crippen MR) is 141 cm³/mol. The number of carbonyl (C=O) groups is 2. The molecule has 1 heterocycles. The molecule has 1 saturated heterocycles. The van der Waals surface area contributed by atoms with Gasteiger partial charge in [-0.25, -0.2) is 0 Å². The van der Waals surface area contributed by atoms with E-state index in [4.69, 9.17) is 14.2 Å². The second kappa shape index (κ2) is 10.8. The first-order chi connectivity index (χ1) is 17.8. The van der Waals surface area contributed by atoms with Gasteiger partial charge in [0.2, 0.25) is 0 Å². The SMILES string of the molecule is CCOc1ccc(CN2C(=O)C(=O)/C(=C(/O)c3cc(C)cc(C)c3OC)C2c2ccc(OC)cc2)cc1. The van der Waals surface area contributed by atoms with Crippen LogP contribution in [-0.4, -0.2) is 42.5 Å². The predicted octanol–water partition coefficient (Wildman–Crippen LogP) is 5.34. The van der Waals surface area contributed by atoms with Crippen molar-refractivity contribution < 1.29 is 28.9 Å². The summed E-state index contributed by atoms with van der Waals surface area (Å²) >= 11 is 0. The minimum absolute atomic E-state index is 0.0180. The lowest BCUT2D eigenvalue weighted by molar-refractivity contribution is -0.140. The van der Waals surface area contributed by atoms with Crippen LogP contribution in [0, 0.1) is 13.8 Å². The number of ketones is 1. The molecule has 1 aliphatic rings. The Hall–Kier alpha value is -4.26. The molecule has 0 radical (unpaired) electrons. The van der Waals surface area contributed by atoms with Crippen molar-refractivity contribution in [2.45, 2.75) is 33.4 Å². The number of likely N-dealkylation sites (tertiary alicyclic amines) is 1. The van der Waals surface area contributed by atoms with Gasteiger partial charge in [0.1, 0.15) is 23.0 Å². The molecule has 0 aliphatic carbocycles. The van der Waals surface area contributed by atoms with Crippen LogP contribution in [0.2, 0.25) is 0 Å². The van der Waals surface area contributed by atoms with Gasteiger partial charge in [-0.1, -0.05) is 30.3 Å². The molecular weight excluding hydrogens is 470 g/mol. The molecule has 1 N–H and O–H groups in total. The lowest BCUT2D eigenvalue weighted by atomic mass is 9.93. The minimum Gasteiger partial charge on any atom is -0.507 e. The van der Waals surface area contributed by atoms with Gasteiger partial charge in [0.05, 0.1) is 38.0 Å². The summed E-state index contributed by atoms with van der Waals surface area (Å²) < 4.78 is 16.4. The van der Waals surface area contributed by atoms with E-state index in [1.165, 1.54) is 12.0 Å². The van der Waals surface area contributed by atoms with Gasteiger partial charge >= 0.3 is 0 Å². The summed E-state index contributed by atoms with van der Waals surface area (Å²) in [4.78, 5) is 28.3. The quantitative estimate of drug-likeness (QED) is 0.255. The fourth-order valence-corrected chi connectivity index (χ4v) is 4.78. The molecule has 1 aliphatic heterocycles. The van der Waals surface area contributed by atoms with Gasteiger partial charge in [-0.05, 0) is 73.4 Å². The number of amides is 1. The maximum atomic E-state index is 13.4. The zero-order chi connectivity index (χ0) is 26.7. The third-order valence-electron chi connectivity index (χ3n) is 6.44. The van der Waals surface area contributed by atoms with E-state index < -0.39 is 17.7 Å².